The Kier molecular flexibility index (Phi) is 12.4. The summed E-state index contributed by atoms with van der Waals surface area (Å²) in [4.78, 5) is 2.44. The molecule has 3 unspecified atom stereocenters. The van der Waals surface area contributed by atoms with Gasteiger partial charge in [0.05, 0.1) is 12.0 Å². The van der Waals surface area contributed by atoms with Crippen LogP contribution in [0.2, 0.25) is 0 Å². The Bertz CT molecular complexity index is 1050. The topological polar surface area (TPSA) is 52.9 Å². The molecule has 0 aromatic carbocycles. The third-order valence-corrected chi connectivity index (χ3v) is 10.7. The van der Waals surface area contributed by atoms with Gasteiger partial charge in [0.15, 0.2) is 0 Å². The maximum atomic E-state index is 10.1. The van der Waals surface area contributed by atoms with Crippen LogP contribution in [0, 0.1) is 23.7 Å². The van der Waals surface area contributed by atoms with E-state index in [1.54, 1.807) is 6.08 Å². The van der Waals surface area contributed by atoms with Crippen molar-refractivity contribution in [3.05, 3.63) is 71.3 Å². The number of hydrogen-bond acceptors (Lipinski definition) is 6. The normalized spacial score (nSPS) is 29.4. The van der Waals surface area contributed by atoms with E-state index in [1.807, 2.05) is 41.8 Å². The molecule has 0 amide bonds. The second kappa shape index (κ2) is 15.3. The predicted octanol–water partition coefficient (Wildman–Crippen LogP) is 7.08. The Morgan fingerprint density at radius 2 is 1.92 bits per heavy atom. The molecule has 1 aliphatic heterocycles. The van der Waals surface area contributed by atoms with E-state index in [4.69, 9.17) is 11.2 Å². The van der Waals surface area contributed by atoms with Gasteiger partial charge in [-0.25, -0.2) is 0 Å². The highest BCUT2D eigenvalue weighted by Gasteiger charge is 2.34. The number of aliphatic hydroxyl groups excluding tert-OH is 2. The van der Waals surface area contributed by atoms with Crippen molar-refractivity contribution < 1.29 is 14.9 Å². The van der Waals surface area contributed by atoms with E-state index in [2.05, 4.69) is 69.7 Å². The zero-order chi connectivity index (χ0) is 28.4. The lowest BCUT2D eigenvalue weighted by Gasteiger charge is -2.36. The second-order valence-electron chi connectivity index (χ2n) is 11.4. The van der Waals surface area contributed by atoms with Gasteiger partial charge in [-0.1, -0.05) is 57.9 Å². The number of aliphatic hydroxyl groups is 2. The largest absolute Gasteiger partial charge is 0.508 e. The Hall–Kier alpha value is -1.78. The van der Waals surface area contributed by atoms with Crippen molar-refractivity contribution in [2.24, 2.45) is 11.3 Å². The van der Waals surface area contributed by atoms with E-state index in [9.17, 15) is 10.2 Å². The third kappa shape index (κ3) is 9.67. The lowest BCUT2D eigenvalue weighted by molar-refractivity contribution is 0.167. The molecule has 0 spiro atoms. The lowest BCUT2D eigenvalue weighted by Crippen LogP contribution is -2.32. The summed E-state index contributed by atoms with van der Waals surface area (Å²) in [6.45, 7) is 15.2. The number of fused-ring (bicyclic) bond motifs is 1. The predicted molar refractivity (Wildman–Crippen MR) is 170 cm³/mol. The molecule has 2 N–H and O–H groups in total. The molecule has 3 aliphatic carbocycles. The van der Waals surface area contributed by atoms with Crippen LogP contribution >= 0.6 is 23.5 Å². The third-order valence-electron chi connectivity index (χ3n) is 7.49. The van der Waals surface area contributed by atoms with Crippen LogP contribution in [0.4, 0.5) is 0 Å². The molecule has 4 nitrogen and oxygen atoms in total. The molecule has 1 heterocycles. The average molecular weight is 570 g/mol. The fourth-order valence-electron chi connectivity index (χ4n) is 5.04. The molecule has 0 radical (unpaired) electrons. The van der Waals surface area contributed by atoms with Gasteiger partial charge in [-0.15, -0.1) is 18.2 Å². The summed E-state index contributed by atoms with van der Waals surface area (Å²) in [5.41, 5.74) is 2.73. The van der Waals surface area contributed by atoms with Crippen molar-refractivity contribution in [1.82, 2.24) is 4.90 Å². The number of ether oxygens (including phenoxy) is 1. The molecule has 39 heavy (non-hydrogen) atoms. The summed E-state index contributed by atoms with van der Waals surface area (Å²) in [6, 6.07) is 0. The molecule has 0 saturated carbocycles. The summed E-state index contributed by atoms with van der Waals surface area (Å²) < 4.78 is 5.87. The summed E-state index contributed by atoms with van der Waals surface area (Å²) in [6.07, 6.45) is 24.6. The van der Waals surface area contributed by atoms with Crippen molar-refractivity contribution in [3.63, 3.8) is 0 Å². The van der Waals surface area contributed by atoms with E-state index in [0.29, 0.717) is 21.7 Å². The summed E-state index contributed by atoms with van der Waals surface area (Å²) >= 11 is 3.77. The molecule has 214 valence electrons. The van der Waals surface area contributed by atoms with Gasteiger partial charge in [-0.05, 0) is 80.1 Å². The average Bonchev–Trinajstić information content (AvgIpc) is 3.09. The molecular weight excluding hydrogens is 523 g/mol. The molecule has 0 aromatic rings. The van der Waals surface area contributed by atoms with Crippen molar-refractivity contribution in [2.75, 3.05) is 32.0 Å². The van der Waals surface area contributed by atoms with Crippen molar-refractivity contribution in [1.29, 1.82) is 0 Å². The van der Waals surface area contributed by atoms with Gasteiger partial charge in [0, 0.05) is 28.0 Å². The minimum absolute atomic E-state index is 0.218. The molecule has 1 fully saturated rings. The van der Waals surface area contributed by atoms with Crippen molar-refractivity contribution >= 4 is 23.5 Å². The van der Waals surface area contributed by atoms with Crippen molar-refractivity contribution in [3.8, 4) is 12.3 Å². The number of rotatable bonds is 8. The molecule has 4 aliphatic rings. The molecule has 0 bridgehead atoms. The second-order valence-corrected chi connectivity index (χ2v) is 14.0. The van der Waals surface area contributed by atoms with E-state index >= 15 is 0 Å². The molecule has 6 heteroatoms. The minimum atomic E-state index is -0.591. The molecule has 1 saturated heterocycles. The quantitative estimate of drug-likeness (QED) is 0.305. The van der Waals surface area contributed by atoms with Gasteiger partial charge >= 0.3 is 0 Å². The van der Waals surface area contributed by atoms with Crippen LogP contribution in [0.25, 0.3) is 0 Å². The van der Waals surface area contributed by atoms with Crippen molar-refractivity contribution in [2.45, 2.75) is 75.7 Å². The van der Waals surface area contributed by atoms with Gasteiger partial charge in [-0.2, -0.15) is 11.8 Å². The summed E-state index contributed by atoms with van der Waals surface area (Å²) in [7, 11) is 0. The van der Waals surface area contributed by atoms with E-state index in [1.165, 1.54) is 24.1 Å². The lowest BCUT2D eigenvalue weighted by atomic mass is 9.86. The van der Waals surface area contributed by atoms with Crippen LogP contribution in [-0.4, -0.2) is 69.0 Å². The highest BCUT2D eigenvalue weighted by molar-refractivity contribution is 8.07. The summed E-state index contributed by atoms with van der Waals surface area (Å²) in [5.74, 6) is 4.81. The first-order valence-corrected chi connectivity index (χ1v) is 16.3. The van der Waals surface area contributed by atoms with Gasteiger partial charge in [-0.3, -0.25) is 0 Å². The SMILES string of the molecule is C#CC1C=C(C)C([C@@H]2CS[C@H]3C=CC(O)=CC3S2)=CC1O.CCCN(CC)CCOC1=CCC(C)(C)CC=C1. The Labute approximate surface area is 245 Å². The van der Waals surface area contributed by atoms with Gasteiger partial charge in [0.25, 0.3) is 0 Å². The monoisotopic (exact) mass is 569 g/mol. The molecule has 0 aromatic heterocycles. The molecule has 5 atom stereocenters. The van der Waals surface area contributed by atoms with E-state index in [0.717, 1.165) is 44.1 Å². The highest BCUT2D eigenvalue weighted by atomic mass is 32.2. The first-order chi connectivity index (χ1) is 18.7. The van der Waals surface area contributed by atoms with Gasteiger partial charge in [0.1, 0.15) is 18.1 Å². The maximum Gasteiger partial charge on any atom is 0.115 e. The van der Waals surface area contributed by atoms with Crippen LogP contribution in [0.3, 0.4) is 0 Å². The Morgan fingerprint density at radius 3 is 2.64 bits per heavy atom. The van der Waals surface area contributed by atoms with Gasteiger partial charge < -0.3 is 19.8 Å². The zero-order valence-corrected chi connectivity index (χ0v) is 25.9. The van der Waals surface area contributed by atoms with E-state index in [-0.39, 0.29) is 11.2 Å². The number of thioether (sulfide) groups is 2. The Balaban J connectivity index is 0.000000219. The number of allylic oxidation sites excluding steroid dienone is 5. The van der Waals surface area contributed by atoms with Crippen LogP contribution in [0.15, 0.2) is 71.3 Å². The summed E-state index contributed by atoms with van der Waals surface area (Å²) in [5, 5.41) is 20.8. The number of terminal acetylenes is 1. The van der Waals surface area contributed by atoms with Crippen LogP contribution in [-0.2, 0) is 4.74 Å². The Morgan fingerprint density at radius 1 is 1.13 bits per heavy atom. The molecule has 4 rings (SSSR count). The standard InChI is InChI=1S/C17H18O2S2.C16H29NO/c1-3-11-6-10(2)13(8-14(11)19)17-9-20-15-5-4-12(18)7-16(15)21-17;1-5-12-17(6-2)13-14-18-15-8-7-10-16(3,4)11-9-15/h1,4-8,11,14-19H,9H2,2H3;7-9H,5-6,10-14H2,1-4H3/t11?,14?,15-,16?,17-;/m0./s1. The van der Waals surface area contributed by atoms with Crippen LogP contribution < -0.4 is 0 Å². The zero-order valence-electron chi connectivity index (χ0n) is 24.3. The fourth-order valence-corrected chi connectivity index (χ4v) is 8.30. The first-order valence-electron chi connectivity index (χ1n) is 14.3. The number of likely N-dealkylation sites (N-methyl/N-ethyl adjacent to an activating group) is 1. The van der Waals surface area contributed by atoms with Crippen LogP contribution in [0.5, 0.6) is 0 Å². The number of hydrogen-bond donors (Lipinski definition) is 2. The first kappa shape index (κ1) is 31.7. The maximum absolute atomic E-state index is 10.1. The molecular formula is C33H47NO3S2. The smallest absolute Gasteiger partial charge is 0.115 e. The fraction of sp³-hybridized carbons (Fsp3) is 0.576. The van der Waals surface area contributed by atoms with Crippen LogP contribution in [0.1, 0.15) is 53.9 Å². The minimum Gasteiger partial charge on any atom is -0.508 e. The van der Waals surface area contributed by atoms with Gasteiger partial charge in [0.2, 0.25) is 0 Å². The number of nitrogens with zero attached hydrogens (tertiary/aromatic N) is 1. The highest BCUT2D eigenvalue weighted by Crippen LogP contribution is 2.44. The van der Waals surface area contributed by atoms with E-state index < -0.39 is 6.10 Å².